The number of halogens is 2. The minimum absolute atomic E-state index is 0.223. The number of ether oxygens (including phenoxy) is 1. The van der Waals surface area contributed by atoms with Gasteiger partial charge in [0.25, 0.3) is 0 Å². The van der Waals surface area contributed by atoms with Gasteiger partial charge in [-0.2, -0.15) is 8.78 Å². The molecule has 0 heterocycles. The molecule has 0 amide bonds. The number of allylic oxidation sites excluding steroid dienone is 1. The van der Waals surface area contributed by atoms with Crippen molar-refractivity contribution in [2.75, 3.05) is 0 Å². The van der Waals surface area contributed by atoms with Gasteiger partial charge in [-0.15, -0.1) is 0 Å². The van der Waals surface area contributed by atoms with Crippen LogP contribution in [0.3, 0.4) is 0 Å². The van der Waals surface area contributed by atoms with Crippen LogP contribution in [0.2, 0.25) is 0 Å². The van der Waals surface area contributed by atoms with E-state index < -0.39 is 6.61 Å². The smallest absolute Gasteiger partial charge is 0.387 e. The fourth-order valence-electron chi connectivity index (χ4n) is 3.18. The lowest BCUT2D eigenvalue weighted by atomic mass is 9.98. The van der Waals surface area contributed by atoms with Gasteiger partial charge in [-0.1, -0.05) is 74.0 Å². The molecule has 0 saturated heterocycles. The molecule has 134 valence electrons. The van der Waals surface area contributed by atoms with Gasteiger partial charge in [0.2, 0.25) is 0 Å². The van der Waals surface area contributed by atoms with E-state index in [-0.39, 0.29) is 5.75 Å². The fourth-order valence-corrected chi connectivity index (χ4v) is 3.18. The van der Waals surface area contributed by atoms with E-state index in [0.717, 1.165) is 29.4 Å². The van der Waals surface area contributed by atoms with Gasteiger partial charge in [-0.05, 0) is 41.5 Å². The van der Waals surface area contributed by atoms with E-state index in [4.69, 9.17) is 4.74 Å². The number of fused-ring (bicyclic) bond motifs is 1. The molecule has 0 bridgehead atoms. The van der Waals surface area contributed by atoms with E-state index in [1.54, 1.807) is 6.08 Å². The van der Waals surface area contributed by atoms with Gasteiger partial charge in [-0.3, -0.25) is 0 Å². The van der Waals surface area contributed by atoms with Gasteiger partial charge in [-0.25, -0.2) is 0 Å². The Bertz CT molecular complexity index is 911. The summed E-state index contributed by atoms with van der Waals surface area (Å²) in [7, 11) is 0. The molecule has 0 N–H and O–H groups in total. The summed E-state index contributed by atoms with van der Waals surface area (Å²) in [6.07, 6.45) is 5.78. The highest BCUT2D eigenvalue weighted by atomic mass is 19.3. The van der Waals surface area contributed by atoms with Crippen molar-refractivity contribution >= 4 is 16.8 Å². The Labute approximate surface area is 152 Å². The summed E-state index contributed by atoms with van der Waals surface area (Å²) in [6.45, 7) is 1.16. The molecule has 0 fully saturated rings. The first-order chi connectivity index (χ1) is 12.6. The van der Waals surface area contributed by atoms with E-state index in [2.05, 4.69) is 31.2 Å². The first-order valence-corrected chi connectivity index (χ1v) is 8.86. The Morgan fingerprint density at radius 1 is 0.962 bits per heavy atom. The molecule has 0 unspecified atom stereocenters. The third-order valence-electron chi connectivity index (χ3n) is 4.38. The fraction of sp³-hybridized carbons (Fsp3) is 0.217. The van der Waals surface area contributed by atoms with Crippen molar-refractivity contribution in [3.63, 3.8) is 0 Å². The molecule has 3 aromatic rings. The summed E-state index contributed by atoms with van der Waals surface area (Å²) in [4.78, 5) is 0. The van der Waals surface area contributed by atoms with Gasteiger partial charge in [0.05, 0.1) is 0 Å². The topological polar surface area (TPSA) is 9.23 Å². The predicted molar refractivity (Wildman–Crippen MR) is 105 cm³/mol. The number of hydrogen-bond donors (Lipinski definition) is 0. The molecule has 0 atom stereocenters. The monoisotopic (exact) mass is 352 g/mol. The zero-order chi connectivity index (χ0) is 18.5. The highest BCUT2D eigenvalue weighted by Gasteiger charge is 2.13. The van der Waals surface area contributed by atoms with Crippen LogP contribution in [-0.4, -0.2) is 6.61 Å². The molecule has 0 aliphatic rings. The molecule has 3 aromatic carbocycles. The standard InChI is InChI=1S/C23H22F2O/c1-3-5-16-7-9-17(10-8-16)19-13-14-21-20(15-19)12-11-18(6-4-2)22(21)26-23(24)25/h4,6-15,23H,3,5H2,1-2H3/b6-4+. The molecule has 3 rings (SSSR count). The normalized spacial score (nSPS) is 11.6. The van der Waals surface area contributed by atoms with E-state index >= 15 is 0 Å². The molecule has 0 spiro atoms. The highest BCUT2D eigenvalue weighted by molar-refractivity contribution is 5.94. The van der Waals surface area contributed by atoms with Crippen molar-refractivity contribution in [2.45, 2.75) is 33.3 Å². The molecule has 0 aromatic heterocycles. The van der Waals surface area contributed by atoms with Gasteiger partial charge in [0.1, 0.15) is 5.75 Å². The zero-order valence-corrected chi connectivity index (χ0v) is 15.0. The number of rotatable bonds is 6. The summed E-state index contributed by atoms with van der Waals surface area (Å²) in [5, 5.41) is 1.57. The second-order valence-corrected chi connectivity index (χ2v) is 6.25. The van der Waals surface area contributed by atoms with Crippen molar-refractivity contribution in [1.29, 1.82) is 0 Å². The van der Waals surface area contributed by atoms with Gasteiger partial charge < -0.3 is 4.74 Å². The minimum atomic E-state index is -2.85. The van der Waals surface area contributed by atoms with E-state index in [1.165, 1.54) is 5.56 Å². The second-order valence-electron chi connectivity index (χ2n) is 6.25. The predicted octanol–water partition coefficient (Wildman–Crippen LogP) is 7.09. The van der Waals surface area contributed by atoms with Crippen molar-refractivity contribution < 1.29 is 13.5 Å². The summed E-state index contributed by atoms with van der Waals surface area (Å²) in [5.41, 5.74) is 4.14. The quantitative estimate of drug-likeness (QED) is 0.460. The van der Waals surface area contributed by atoms with Crippen LogP contribution in [0.25, 0.3) is 28.0 Å². The van der Waals surface area contributed by atoms with Crippen LogP contribution in [0, 0.1) is 0 Å². The lowest BCUT2D eigenvalue weighted by Gasteiger charge is -2.13. The molecule has 26 heavy (non-hydrogen) atoms. The molecule has 3 heteroatoms. The Kier molecular flexibility index (Phi) is 5.67. The third kappa shape index (κ3) is 3.93. The first kappa shape index (κ1) is 18.1. The minimum Gasteiger partial charge on any atom is -0.434 e. The lowest BCUT2D eigenvalue weighted by Crippen LogP contribution is -2.04. The maximum Gasteiger partial charge on any atom is 0.387 e. The van der Waals surface area contributed by atoms with E-state index in [0.29, 0.717) is 10.9 Å². The van der Waals surface area contributed by atoms with Crippen LogP contribution in [0.15, 0.2) is 60.7 Å². The van der Waals surface area contributed by atoms with Crippen LogP contribution in [-0.2, 0) is 6.42 Å². The van der Waals surface area contributed by atoms with Crippen LogP contribution < -0.4 is 4.74 Å². The van der Waals surface area contributed by atoms with Gasteiger partial charge in [0.15, 0.2) is 0 Å². The molecular formula is C23H22F2O. The summed E-state index contributed by atoms with van der Waals surface area (Å²) < 4.78 is 30.5. The zero-order valence-electron chi connectivity index (χ0n) is 15.0. The first-order valence-electron chi connectivity index (χ1n) is 8.86. The number of benzene rings is 3. The maximum atomic E-state index is 12.9. The van der Waals surface area contributed by atoms with Gasteiger partial charge >= 0.3 is 6.61 Å². The van der Waals surface area contributed by atoms with E-state index in [1.807, 2.05) is 43.3 Å². The number of hydrogen-bond acceptors (Lipinski definition) is 1. The Morgan fingerprint density at radius 3 is 2.35 bits per heavy atom. The Hall–Kier alpha value is -2.68. The molecule has 0 aliphatic carbocycles. The Balaban J connectivity index is 2.04. The average molecular weight is 352 g/mol. The van der Waals surface area contributed by atoms with Crippen molar-refractivity contribution in [1.82, 2.24) is 0 Å². The van der Waals surface area contributed by atoms with E-state index in [9.17, 15) is 8.78 Å². The Morgan fingerprint density at radius 2 is 1.69 bits per heavy atom. The maximum absolute atomic E-state index is 12.9. The molecular weight excluding hydrogens is 330 g/mol. The average Bonchev–Trinajstić information content (AvgIpc) is 2.64. The van der Waals surface area contributed by atoms with Crippen molar-refractivity contribution in [3.05, 3.63) is 71.8 Å². The summed E-state index contributed by atoms with van der Waals surface area (Å²) >= 11 is 0. The molecule has 0 saturated carbocycles. The van der Waals surface area contributed by atoms with Gasteiger partial charge in [0, 0.05) is 10.9 Å². The second kappa shape index (κ2) is 8.13. The largest absolute Gasteiger partial charge is 0.434 e. The number of alkyl halides is 2. The van der Waals surface area contributed by atoms with Crippen LogP contribution in [0.4, 0.5) is 8.78 Å². The van der Waals surface area contributed by atoms with Crippen LogP contribution in [0.5, 0.6) is 5.75 Å². The SMILES string of the molecule is C/C=C/c1ccc2cc(-c3ccc(CCC)cc3)ccc2c1OC(F)F. The summed E-state index contributed by atoms with van der Waals surface area (Å²) in [6, 6.07) is 18.1. The lowest BCUT2D eigenvalue weighted by molar-refractivity contribution is -0.0489. The number of aryl methyl sites for hydroxylation is 1. The molecule has 0 radical (unpaired) electrons. The molecule has 0 aliphatic heterocycles. The summed E-state index contributed by atoms with van der Waals surface area (Å²) in [5.74, 6) is 0.223. The van der Waals surface area contributed by atoms with Crippen LogP contribution >= 0.6 is 0 Å². The van der Waals surface area contributed by atoms with Crippen LogP contribution in [0.1, 0.15) is 31.4 Å². The van der Waals surface area contributed by atoms with Crippen molar-refractivity contribution in [3.8, 4) is 16.9 Å². The highest BCUT2D eigenvalue weighted by Crippen LogP contribution is 2.34. The third-order valence-corrected chi connectivity index (χ3v) is 4.38. The molecule has 1 nitrogen and oxygen atoms in total. The van der Waals surface area contributed by atoms with Crippen molar-refractivity contribution in [2.24, 2.45) is 0 Å².